The molecule has 0 spiro atoms. The van der Waals surface area contributed by atoms with Crippen molar-refractivity contribution in [1.82, 2.24) is 0 Å². The Morgan fingerprint density at radius 3 is 2.90 bits per heavy atom. The normalized spacial score (nSPS) is 33.0. The largest absolute Gasteiger partial charge is 0.389 e. The van der Waals surface area contributed by atoms with E-state index in [2.05, 4.69) is 6.92 Å². The summed E-state index contributed by atoms with van der Waals surface area (Å²) in [7, 11) is 0. The zero-order valence-corrected chi connectivity index (χ0v) is 7.41. The zero-order valence-electron chi connectivity index (χ0n) is 6.60. The van der Waals surface area contributed by atoms with Crippen molar-refractivity contribution < 1.29 is 5.11 Å². The van der Waals surface area contributed by atoms with Gasteiger partial charge in [-0.25, -0.2) is 0 Å². The predicted molar refractivity (Wildman–Crippen MR) is 46.4 cm³/mol. The molecule has 2 heteroatoms. The molecule has 0 aromatic heterocycles. The Labute approximate surface area is 67.2 Å². The average molecular weight is 160 g/mol. The molecule has 1 aliphatic heterocycles. The molecule has 1 aliphatic rings. The second-order valence-electron chi connectivity index (χ2n) is 3.13. The first kappa shape index (κ1) is 8.41. The van der Waals surface area contributed by atoms with Crippen LogP contribution in [0.4, 0.5) is 0 Å². The molecule has 10 heavy (non-hydrogen) atoms. The third-order valence-electron chi connectivity index (χ3n) is 2.08. The fourth-order valence-electron chi connectivity index (χ4n) is 1.30. The summed E-state index contributed by atoms with van der Waals surface area (Å²) in [6, 6.07) is 0. The lowest BCUT2D eigenvalue weighted by Gasteiger charge is -2.20. The Morgan fingerprint density at radius 2 is 2.40 bits per heavy atom. The summed E-state index contributed by atoms with van der Waals surface area (Å²) in [6.45, 7) is 2.17. The second kappa shape index (κ2) is 3.63. The molecule has 0 radical (unpaired) electrons. The van der Waals surface area contributed by atoms with Crippen LogP contribution in [0.1, 0.15) is 32.6 Å². The van der Waals surface area contributed by atoms with Crippen molar-refractivity contribution in [2.45, 2.75) is 38.2 Å². The van der Waals surface area contributed by atoms with E-state index in [1.165, 1.54) is 12.8 Å². The average Bonchev–Trinajstić information content (AvgIpc) is 2.33. The van der Waals surface area contributed by atoms with Gasteiger partial charge in [0, 0.05) is 5.75 Å². The van der Waals surface area contributed by atoms with E-state index in [-0.39, 0.29) is 5.60 Å². The van der Waals surface area contributed by atoms with Crippen molar-refractivity contribution >= 4 is 11.8 Å². The standard InChI is InChI=1S/C8H16OS/c1-2-3-4-8(9)5-6-10-7-8/h9H,2-7H2,1H3. The molecular weight excluding hydrogens is 144 g/mol. The Balaban J connectivity index is 2.22. The van der Waals surface area contributed by atoms with Crippen molar-refractivity contribution in [3.63, 3.8) is 0 Å². The first-order valence-corrected chi connectivity index (χ1v) is 5.22. The van der Waals surface area contributed by atoms with Crippen LogP contribution < -0.4 is 0 Å². The molecule has 1 unspecified atom stereocenters. The fourth-order valence-corrected chi connectivity index (χ4v) is 2.64. The number of aliphatic hydroxyl groups is 1. The van der Waals surface area contributed by atoms with Crippen LogP contribution in [0, 0.1) is 0 Å². The Bertz CT molecular complexity index is 97.4. The van der Waals surface area contributed by atoms with Crippen molar-refractivity contribution in [2.75, 3.05) is 11.5 Å². The van der Waals surface area contributed by atoms with Gasteiger partial charge in [-0.2, -0.15) is 11.8 Å². The van der Waals surface area contributed by atoms with Gasteiger partial charge in [0.15, 0.2) is 0 Å². The SMILES string of the molecule is CCCCC1(O)CCSC1. The number of rotatable bonds is 3. The van der Waals surface area contributed by atoms with E-state index in [4.69, 9.17) is 0 Å². The summed E-state index contributed by atoms with van der Waals surface area (Å²) < 4.78 is 0. The van der Waals surface area contributed by atoms with E-state index < -0.39 is 0 Å². The molecule has 1 N–H and O–H groups in total. The van der Waals surface area contributed by atoms with E-state index >= 15 is 0 Å². The monoisotopic (exact) mass is 160 g/mol. The third-order valence-corrected chi connectivity index (χ3v) is 3.31. The molecular formula is C8H16OS. The van der Waals surface area contributed by atoms with Crippen LogP contribution in [0.3, 0.4) is 0 Å². The van der Waals surface area contributed by atoms with Gasteiger partial charge in [-0.15, -0.1) is 0 Å². The highest BCUT2D eigenvalue weighted by Crippen LogP contribution is 2.31. The quantitative estimate of drug-likeness (QED) is 0.682. The zero-order chi connectivity index (χ0) is 7.45. The molecule has 1 heterocycles. The maximum Gasteiger partial charge on any atom is 0.0745 e. The van der Waals surface area contributed by atoms with E-state index in [0.717, 1.165) is 24.3 Å². The van der Waals surface area contributed by atoms with Crippen molar-refractivity contribution in [1.29, 1.82) is 0 Å². The van der Waals surface area contributed by atoms with Gasteiger partial charge >= 0.3 is 0 Å². The first-order chi connectivity index (χ1) is 4.77. The molecule has 1 atom stereocenters. The molecule has 1 saturated heterocycles. The Hall–Kier alpha value is 0.310. The van der Waals surface area contributed by atoms with Gasteiger partial charge < -0.3 is 5.11 Å². The molecule has 1 nitrogen and oxygen atoms in total. The lowest BCUT2D eigenvalue weighted by Crippen LogP contribution is -2.27. The van der Waals surface area contributed by atoms with Gasteiger partial charge in [0.25, 0.3) is 0 Å². The van der Waals surface area contributed by atoms with Crippen LogP contribution in [-0.2, 0) is 0 Å². The molecule has 60 valence electrons. The number of thioether (sulfide) groups is 1. The van der Waals surface area contributed by atoms with Crippen molar-refractivity contribution in [2.24, 2.45) is 0 Å². The van der Waals surface area contributed by atoms with E-state index in [9.17, 15) is 5.11 Å². The van der Waals surface area contributed by atoms with Gasteiger partial charge in [0.1, 0.15) is 0 Å². The third kappa shape index (κ3) is 2.17. The lowest BCUT2D eigenvalue weighted by molar-refractivity contribution is 0.0566. The van der Waals surface area contributed by atoms with Crippen LogP contribution in [0.2, 0.25) is 0 Å². The minimum absolute atomic E-state index is 0.291. The highest BCUT2D eigenvalue weighted by molar-refractivity contribution is 7.99. The van der Waals surface area contributed by atoms with Crippen LogP contribution in [0.5, 0.6) is 0 Å². The first-order valence-electron chi connectivity index (χ1n) is 4.07. The minimum atomic E-state index is -0.291. The molecule has 0 aromatic carbocycles. The fraction of sp³-hybridized carbons (Fsp3) is 1.00. The molecule has 1 fully saturated rings. The lowest BCUT2D eigenvalue weighted by atomic mass is 9.97. The van der Waals surface area contributed by atoms with Crippen molar-refractivity contribution in [3.05, 3.63) is 0 Å². The summed E-state index contributed by atoms with van der Waals surface area (Å²) >= 11 is 1.88. The Morgan fingerprint density at radius 1 is 1.60 bits per heavy atom. The van der Waals surface area contributed by atoms with Crippen LogP contribution in [0.25, 0.3) is 0 Å². The van der Waals surface area contributed by atoms with Gasteiger partial charge in [-0.3, -0.25) is 0 Å². The van der Waals surface area contributed by atoms with Gasteiger partial charge in [-0.05, 0) is 18.6 Å². The number of hydrogen-bond donors (Lipinski definition) is 1. The van der Waals surface area contributed by atoms with Gasteiger partial charge in [0.05, 0.1) is 5.60 Å². The molecule has 0 saturated carbocycles. The summed E-state index contributed by atoms with van der Waals surface area (Å²) in [5.74, 6) is 2.12. The van der Waals surface area contributed by atoms with E-state index in [0.29, 0.717) is 0 Å². The van der Waals surface area contributed by atoms with E-state index in [1.54, 1.807) is 0 Å². The van der Waals surface area contributed by atoms with Gasteiger partial charge in [0.2, 0.25) is 0 Å². The molecule has 0 amide bonds. The highest BCUT2D eigenvalue weighted by atomic mass is 32.2. The summed E-state index contributed by atoms with van der Waals surface area (Å²) in [4.78, 5) is 0. The van der Waals surface area contributed by atoms with Crippen LogP contribution in [-0.4, -0.2) is 22.2 Å². The Kier molecular flexibility index (Phi) is 3.05. The maximum absolute atomic E-state index is 9.80. The maximum atomic E-state index is 9.80. The molecule has 0 aliphatic carbocycles. The topological polar surface area (TPSA) is 20.2 Å². The summed E-state index contributed by atoms with van der Waals surface area (Å²) in [6.07, 6.45) is 4.40. The predicted octanol–water partition coefficient (Wildman–Crippen LogP) is 2.04. The van der Waals surface area contributed by atoms with Crippen LogP contribution >= 0.6 is 11.8 Å². The van der Waals surface area contributed by atoms with Crippen LogP contribution in [0.15, 0.2) is 0 Å². The smallest absolute Gasteiger partial charge is 0.0745 e. The minimum Gasteiger partial charge on any atom is -0.389 e. The molecule has 0 aromatic rings. The number of hydrogen-bond acceptors (Lipinski definition) is 2. The second-order valence-corrected chi connectivity index (χ2v) is 4.24. The molecule has 0 bridgehead atoms. The van der Waals surface area contributed by atoms with Gasteiger partial charge in [-0.1, -0.05) is 19.8 Å². The summed E-state index contributed by atoms with van der Waals surface area (Å²) in [5.41, 5.74) is -0.291. The van der Waals surface area contributed by atoms with Crippen molar-refractivity contribution in [3.8, 4) is 0 Å². The number of unbranched alkanes of at least 4 members (excludes halogenated alkanes) is 1. The highest BCUT2D eigenvalue weighted by Gasteiger charge is 2.30. The molecule has 1 rings (SSSR count). The summed E-state index contributed by atoms with van der Waals surface area (Å²) in [5, 5.41) is 9.80. The van der Waals surface area contributed by atoms with E-state index in [1.807, 2.05) is 11.8 Å².